The molecule has 1 fully saturated rings. The third-order valence-electron chi connectivity index (χ3n) is 3.49. The predicted molar refractivity (Wildman–Crippen MR) is 79.7 cm³/mol. The van der Waals surface area contributed by atoms with Crippen molar-refractivity contribution in [2.75, 3.05) is 31.6 Å². The van der Waals surface area contributed by atoms with Crippen LogP contribution in [0, 0.1) is 0 Å². The first kappa shape index (κ1) is 12.9. The molecule has 0 bridgehead atoms. The highest BCUT2D eigenvalue weighted by Gasteiger charge is 2.20. The van der Waals surface area contributed by atoms with Crippen LogP contribution in [0.2, 0.25) is 0 Å². The van der Waals surface area contributed by atoms with Crippen molar-refractivity contribution < 1.29 is 4.79 Å². The largest absolute Gasteiger partial charge is 0.353 e. The van der Waals surface area contributed by atoms with Gasteiger partial charge in [0, 0.05) is 30.6 Å². The van der Waals surface area contributed by atoms with Crippen LogP contribution in [0.5, 0.6) is 0 Å². The first-order chi connectivity index (χ1) is 9.78. The van der Waals surface area contributed by atoms with Gasteiger partial charge < -0.3 is 15.5 Å². The predicted octanol–water partition coefficient (Wildman–Crippen LogP) is 0.890. The van der Waals surface area contributed by atoms with Crippen molar-refractivity contribution in [2.45, 2.75) is 6.54 Å². The molecule has 0 spiro atoms. The molecule has 2 heterocycles. The molecule has 1 amide bonds. The van der Waals surface area contributed by atoms with E-state index in [0.717, 1.165) is 35.4 Å². The van der Waals surface area contributed by atoms with E-state index in [-0.39, 0.29) is 5.91 Å². The summed E-state index contributed by atoms with van der Waals surface area (Å²) in [5.74, 6) is 0.967. The second kappa shape index (κ2) is 5.46. The summed E-state index contributed by atoms with van der Waals surface area (Å²) >= 11 is 0. The number of carbonyl (C=O) groups excluding carboxylic acids is 1. The number of anilines is 1. The number of para-hydroxylation sites is 1. The molecule has 0 radical (unpaired) electrons. The first-order valence-electron chi connectivity index (χ1n) is 6.83. The van der Waals surface area contributed by atoms with Crippen molar-refractivity contribution in [1.29, 1.82) is 0 Å². The van der Waals surface area contributed by atoms with Crippen molar-refractivity contribution in [3.63, 3.8) is 0 Å². The van der Waals surface area contributed by atoms with E-state index in [2.05, 4.69) is 27.7 Å². The number of nitrogens with one attached hydrogen (secondary N) is 2. The van der Waals surface area contributed by atoms with Gasteiger partial charge in [0.25, 0.3) is 0 Å². The molecule has 5 heteroatoms. The second-order valence-corrected chi connectivity index (χ2v) is 4.97. The summed E-state index contributed by atoms with van der Waals surface area (Å²) in [4.78, 5) is 18.4. The zero-order valence-electron chi connectivity index (χ0n) is 11.5. The Balaban J connectivity index is 2.06. The molecule has 104 valence electrons. The number of aromatic nitrogens is 1. The number of hydrogen-bond donors (Lipinski definition) is 2. The minimum absolute atomic E-state index is 0.0571. The van der Waals surface area contributed by atoms with E-state index in [0.29, 0.717) is 13.1 Å². The molecule has 5 nitrogen and oxygen atoms in total. The molecule has 1 aromatic heterocycles. The fourth-order valence-electron chi connectivity index (χ4n) is 2.56. The first-order valence-corrected chi connectivity index (χ1v) is 6.83. The van der Waals surface area contributed by atoms with Gasteiger partial charge in [0.1, 0.15) is 5.82 Å². The number of fused-ring (bicyclic) bond motifs is 1. The maximum Gasteiger partial charge on any atom is 0.239 e. The zero-order valence-corrected chi connectivity index (χ0v) is 11.5. The lowest BCUT2D eigenvalue weighted by Gasteiger charge is -2.29. The molecule has 1 aliphatic rings. The minimum atomic E-state index is 0.0571. The van der Waals surface area contributed by atoms with Crippen LogP contribution in [0.25, 0.3) is 10.9 Å². The fraction of sp³-hybridized carbons (Fsp3) is 0.333. The smallest absolute Gasteiger partial charge is 0.239 e. The summed E-state index contributed by atoms with van der Waals surface area (Å²) in [6.45, 7) is 2.59. The van der Waals surface area contributed by atoms with E-state index in [4.69, 9.17) is 4.98 Å². The number of amides is 1. The quantitative estimate of drug-likeness (QED) is 0.869. The van der Waals surface area contributed by atoms with Crippen molar-refractivity contribution in [3.05, 3.63) is 35.9 Å². The molecular weight excluding hydrogens is 252 g/mol. The standard InChI is InChI=1S/C15H18N4O/c1-16-9-12-8-11-4-2-3-5-13(11)18-15(12)19-7-6-17-14(20)10-19/h2-5,8,16H,6-7,9-10H2,1H3,(H,17,20). The number of pyridine rings is 1. The number of rotatable bonds is 3. The highest BCUT2D eigenvalue weighted by Crippen LogP contribution is 2.24. The Morgan fingerprint density at radius 3 is 3.05 bits per heavy atom. The summed E-state index contributed by atoms with van der Waals surface area (Å²) in [7, 11) is 1.92. The average molecular weight is 270 g/mol. The number of carbonyl (C=O) groups is 1. The summed E-state index contributed by atoms with van der Waals surface area (Å²) in [6.07, 6.45) is 0. The monoisotopic (exact) mass is 270 g/mol. The molecule has 1 aromatic carbocycles. The van der Waals surface area contributed by atoms with Crippen LogP contribution in [0.15, 0.2) is 30.3 Å². The Kier molecular flexibility index (Phi) is 3.52. The molecule has 0 aliphatic carbocycles. The Hall–Kier alpha value is -2.14. The Labute approximate surface area is 118 Å². The molecule has 0 atom stereocenters. The lowest BCUT2D eigenvalue weighted by atomic mass is 10.1. The Morgan fingerprint density at radius 2 is 2.25 bits per heavy atom. The summed E-state index contributed by atoms with van der Waals surface area (Å²) in [6, 6.07) is 10.2. The van der Waals surface area contributed by atoms with Gasteiger partial charge in [0.05, 0.1) is 12.1 Å². The van der Waals surface area contributed by atoms with E-state index in [9.17, 15) is 4.79 Å². The summed E-state index contributed by atoms with van der Waals surface area (Å²) in [5, 5.41) is 7.15. The molecule has 2 N–H and O–H groups in total. The zero-order chi connectivity index (χ0) is 13.9. The van der Waals surface area contributed by atoms with Crippen LogP contribution in [0.1, 0.15) is 5.56 Å². The SMILES string of the molecule is CNCc1cc2ccccc2nc1N1CCNC(=O)C1. The van der Waals surface area contributed by atoms with Gasteiger partial charge in [-0.3, -0.25) is 4.79 Å². The van der Waals surface area contributed by atoms with Crippen LogP contribution in [-0.4, -0.2) is 37.6 Å². The lowest BCUT2D eigenvalue weighted by molar-refractivity contribution is -0.120. The van der Waals surface area contributed by atoms with E-state index in [1.807, 2.05) is 25.2 Å². The maximum absolute atomic E-state index is 11.6. The molecule has 0 unspecified atom stereocenters. The topological polar surface area (TPSA) is 57.3 Å². The van der Waals surface area contributed by atoms with Gasteiger partial charge in [-0.05, 0) is 19.2 Å². The van der Waals surface area contributed by atoms with Crippen LogP contribution in [0.4, 0.5) is 5.82 Å². The minimum Gasteiger partial charge on any atom is -0.353 e. The summed E-state index contributed by atoms with van der Waals surface area (Å²) in [5.41, 5.74) is 2.09. The highest BCUT2D eigenvalue weighted by molar-refractivity contribution is 5.85. The van der Waals surface area contributed by atoms with Gasteiger partial charge in [0.15, 0.2) is 0 Å². The lowest BCUT2D eigenvalue weighted by Crippen LogP contribution is -2.48. The van der Waals surface area contributed by atoms with Gasteiger partial charge in [-0.1, -0.05) is 18.2 Å². The van der Waals surface area contributed by atoms with Crippen LogP contribution in [-0.2, 0) is 11.3 Å². The van der Waals surface area contributed by atoms with Crippen LogP contribution < -0.4 is 15.5 Å². The Bertz CT molecular complexity index is 641. The van der Waals surface area contributed by atoms with Gasteiger partial charge in [-0.2, -0.15) is 0 Å². The molecule has 0 saturated carbocycles. The van der Waals surface area contributed by atoms with Crippen molar-refractivity contribution in [2.24, 2.45) is 0 Å². The molecule has 20 heavy (non-hydrogen) atoms. The van der Waals surface area contributed by atoms with E-state index in [1.165, 1.54) is 0 Å². The van der Waals surface area contributed by atoms with Crippen molar-refractivity contribution in [1.82, 2.24) is 15.6 Å². The normalized spacial score (nSPS) is 15.4. The maximum atomic E-state index is 11.6. The third kappa shape index (κ3) is 2.44. The van der Waals surface area contributed by atoms with Crippen LogP contribution in [0.3, 0.4) is 0 Å². The Morgan fingerprint density at radius 1 is 1.40 bits per heavy atom. The van der Waals surface area contributed by atoms with E-state index < -0.39 is 0 Å². The molecule has 1 saturated heterocycles. The third-order valence-corrected chi connectivity index (χ3v) is 3.49. The molecule has 1 aliphatic heterocycles. The average Bonchev–Trinajstić information content (AvgIpc) is 2.47. The van der Waals surface area contributed by atoms with Gasteiger partial charge in [0.2, 0.25) is 5.91 Å². The number of piperazine rings is 1. The van der Waals surface area contributed by atoms with Crippen molar-refractivity contribution >= 4 is 22.6 Å². The fourth-order valence-corrected chi connectivity index (χ4v) is 2.56. The van der Waals surface area contributed by atoms with E-state index in [1.54, 1.807) is 0 Å². The number of hydrogen-bond acceptors (Lipinski definition) is 4. The summed E-state index contributed by atoms with van der Waals surface area (Å²) < 4.78 is 0. The van der Waals surface area contributed by atoms with Crippen molar-refractivity contribution in [3.8, 4) is 0 Å². The van der Waals surface area contributed by atoms with Gasteiger partial charge in [-0.15, -0.1) is 0 Å². The number of nitrogens with zero attached hydrogens (tertiary/aromatic N) is 2. The van der Waals surface area contributed by atoms with Gasteiger partial charge in [-0.25, -0.2) is 4.98 Å². The van der Waals surface area contributed by atoms with Gasteiger partial charge >= 0.3 is 0 Å². The molecule has 2 aromatic rings. The van der Waals surface area contributed by atoms with Crippen LogP contribution >= 0.6 is 0 Å². The highest BCUT2D eigenvalue weighted by atomic mass is 16.2. The second-order valence-electron chi connectivity index (χ2n) is 4.97. The molecule has 3 rings (SSSR count). The van der Waals surface area contributed by atoms with E-state index >= 15 is 0 Å². The number of benzene rings is 1. The molecular formula is C15H18N4O.